The summed E-state index contributed by atoms with van der Waals surface area (Å²) in [5.74, 6) is -0.532. The van der Waals surface area contributed by atoms with E-state index in [1.165, 1.54) is 12.1 Å². The number of amides is 1. The highest BCUT2D eigenvalue weighted by Gasteiger charge is 2.02. The van der Waals surface area contributed by atoms with Gasteiger partial charge in [-0.15, -0.1) is 0 Å². The van der Waals surface area contributed by atoms with E-state index in [4.69, 9.17) is 5.26 Å². The first-order valence-corrected chi connectivity index (χ1v) is 5.82. The minimum absolute atomic E-state index is 0.0891. The topological polar surface area (TPSA) is 64.9 Å². The molecular weight excluding hydrogens is 233 g/mol. The molecule has 1 rings (SSSR count). The third-order valence-corrected chi connectivity index (χ3v) is 2.27. The summed E-state index contributed by atoms with van der Waals surface area (Å²) in [5.41, 5.74) is 0.928. The lowest BCUT2D eigenvalue weighted by atomic mass is 10.1. The van der Waals surface area contributed by atoms with E-state index >= 15 is 0 Å². The second-order valence-electron chi connectivity index (χ2n) is 3.91. The summed E-state index contributed by atoms with van der Waals surface area (Å²) in [6.45, 7) is 3.16. The van der Waals surface area contributed by atoms with Crippen LogP contribution in [0.25, 0.3) is 0 Å². The fraction of sp³-hybridized carbons (Fsp3) is 0.385. The van der Waals surface area contributed by atoms with Crippen molar-refractivity contribution in [3.63, 3.8) is 0 Å². The monoisotopic (exact) mass is 249 g/mol. The summed E-state index contributed by atoms with van der Waals surface area (Å²) in [5, 5.41) is 14.3. The van der Waals surface area contributed by atoms with Gasteiger partial charge in [0.2, 0.25) is 5.91 Å². The van der Waals surface area contributed by atoms with Gasteiger partial charge in [0.25, 0.3) is 0 Å². The van der Waals surface area contributed by atoms with Gasteiger partial charge in [0.15, 0.2) is 0 Å². The number of carbonyl (C=O) groups is 1. The lowest BCUT2D eigenvalue weighted by molar-refractivity contribution is -0.120. The van der Waals surface area contributed by atoms with Crippen LogP contribution < -0.4 is 10.6 Å². The smallest absolute Gasteiger partial charge is 0.233 e. The van der Waals surface area contributed by atoms with E-state index in [0.717, 1.165) is 6.42 Å². The Bertz CT molecular complexity index is 454. The zero-order valence-corrected chi connectivity index (χ0v) is 10.3. The summed E-state index contributed by atoms with van der Waals surface area (Å²) in [6, 6.07) is 6.01. The molecule has 5 heteroatoms. The second kappa shape index (κ2) is 7.41. The van der Waals surface area contributed by atoms with Gasteiger partial charge in [0, 0.05) is 13.1 Å². The maximum Gasteiger partial charge on any atom is 0.233 e. The fourth-order valence-corrected chi connectivity index (χ4v) is 1.46. The van der Waals surface area contributed by atoms with Crippen LogP contribution in [-0.2, 0) is 11.3 Å². The third-order valence-electron chi connectivity index (χ3n) is 2.27. The summed E-state index contributed by atoms with van der Waals surface area (Å²) in [6.07, 6.45) is 0.890. The summed E-state index contributed by atoms with van der Waals surface area (Å²) in [4.78, 5) is 11.3. The van der Waals surface area contributed by atoms with Crippen LogP contribution >= 0.6 is 0 Å². The molecule has 0 saturated heterocycles. The van der Waals surface area contributed by atoms with Crippen molar-refractivity contribution >= 4 is 5.91 Å². The Morgan fingerprint density at radius 2 is 2.22 bits per heavy atom. The maximum absolute atomic E-state index is 13.1. The molecule has 0 saturated carbocycles. The van der Waals surface area contributed by atoms with E-state index in [-0.39, 0.29) is 18.0 Å². The molecule has 4 nitrogen and oxygen atoms in total. The fourth-order valence-electron chi connectivity index (χ4n) is 1.46. The molecule has 0 aliphatic carbocycles. The van der Waals surface area contributed by atoms with E-state index in [1.54, 1.807) is 6.07 Å². The van der Waals surface area contributed by atoms with Crippen LogP contribution in [0.5, 0.6) is 0 Å². The second-order valence-corrected chi connectivity index (χ2v) is 3.91. The quantitative estimate of drug-likeness (QED) is 0.799. The molecule has 0 unspecified atom stereocenters. The molecular formula is C13H16FN3O. The molecule has 0 bridgehead atoms. The van der Waals surface area contributed by atoms with E-state index in [1.807, 2.05) is 13.0 Å². The predicted octanol–water partition coefficient (Wildman–Crippen LogP) is 1.31. The molecule has 2 N–H and O–H groups in total. The minimum Gasteiger partial charge on any atom is -0.355 e. The average Bonchev–Trinajstić information content (AvgIpc) is 2.35. The Kier molecular flexibility index (Phi) is 5.81. The van der Waals surface area contributed by atoms with Crippen LogP contribution in [0.2, 0.25) is 0 Å². The molecule has 18 heavy (non-hydrogen) atoms. The minimum atomic E-state index is -0.443. The molecule has 96 valence electrons. The number of nitriles is 1. The van der Waals surface area contributed by atoms with Crippen molar-refractivity contribution in [3.8, 4) is 6.07 Å². The van der Waals surface area contributed by atoms with Gasteiger partial charge < -0.3 is 10.6 Å². The molecule has 0 atom stereocenters. The Morgan fingerprint density at radius 1 is 1.44 bits per heavy atom. The van der Waals surface area contributed by atoms with Gasteiger partial charge in [-0.3, -0.25) is 4.79 Å². The van der Waals surface area contributed by atoms with E-state index in [9.17, 15) is 9.18 Å². The highest BCUT2D eigenvalue weighted by atomic mass is 19.1. The number of halogens is 1. The Morgan fingerprint density at radius 3 is 2.89 bits per heavy atom. The van der Waals surface area contributed by atoms with E-state index in [2.05, 4.69) is 10.6 Å². The van der Waals surface area contributed by atoms with Crippen molar-refractivity contribution in [2.75, 3.05) is 13.1 Å². The molecule has 0 aliphatic rings. The summed E-state index contributed by atoms with van der Waals surface area (Å²) < 4.78 is 13.1. The Hall–Kier alpha value is -1.93. The van der Waals surface area contributed by atoms with Crippen molar-refractivity contribution in [2.45, 2.75) is 19.9 Å². The molecule has 0 aliphatic heterocycles. The number of hydrogen-bond donors (Lipinski definition) is 2. The van der Waals surface area contributed by atoms with E-state index < -0.39 is 5.82 Å². The van der Waals surface area contributed by atoms with Crippen LogP contribution in [0.4, 0.5) is 4.39 Å². The number of rotatable bonds is 6. The van der Waals surface area contributed by atoms with Crippen LogP contribution in [0.1, 0.15) is 24.5 Å². The standard InChI is InChI=1S/C13H16FN3O/c1-2-3-17-13(18)9-16-8-11-4-10(7-15)5-12(14)6-11/h4-6,16H,2-3,8-9H2,1H3,(H,17,18). The van der Waals surface area contributed by atoms with Crippen LogP contribution in [0, 0.1) is 17.1 Å². The van der Waals surface area contributed by atoms with Crippen molar-refractivity contribution < 1.29 is 9.18 Å². The number of benzene rings is 1. The average molecular weight is 249 g/mol. The maximum atomic E-state index is 13.1. The Balaban J connectivity index is 2.42. The van der Waals surface area contributed by atoms with Gasteiger partial charge in [-0.2, -0.15) is 5.26 Å². The van der Waals surface area contributed by atoms with Crippen LogP contribution in [0.15, 0.2) is 18.2 Å². The Labute approximate surface area is 106 Å². The van der Waals surface area contributed by atoms with Crippen LogP contribution in [-0.4, -0.2) is 19.0 Å². The molecule has 0 fully saturated rings. The molecule has 1 aromatic rings. The zero-order chi connectivity index (χ0) is 13.4. The normalized spacial score (nSPS) is 9.83. The van der Waals surface area contributed by atoms with Gasteiger partial charge in [-0.05, 0) is 30.2 Å². The molecule has 1 amide bonds. The highest BCUT2D eigenvalue weighted by molar-refractivity contribution is 5.77. The summed E-state index contributed by atoms with van der Waals surface area (Å²) in [7, 11) is 0. The zero-order valence-electron chi connectivity index (χ0n) is 10.3. The highest BCUT2D eigenvalue weighted by Crippen LogP contribution is 2.08. The van der Waals surface area contributed by atoms with Gasteiger partial charge >= 0.3 is 0 Å². The molecule has 0 radical (unpaired) electrons. The predicted molar refractivity (Wildman–Crippen MR) is 66.1 cm³/mol. The summed E-state index contributed by atoms with van der Waals surface area (Å²) >= 11 is 0. The first kappa shape index (κ1) is 14.1. The molecule has 0 aromatic heterocycles. The number of nitrogens with one attached hydrogen (secondary N) is 2. The molecule has 1 aromatic carbocycles. The SMILES string of the molecule is CCCNC(=O)CNCc1cc(F)cc(C#N)c1. The molecule has 0 heterocycles. The lowest BCUT2D eigenvalue weighted by Crippen LogP contribution is -2.33. The largest absolute Gasteiger partial charge is 0.355 e. The van der Waals surface area contributed by atoms with E-state index in [0.29, 0.717) is 18.7 Å². The third kappa shape index (κ3) is 4.93. The van der Waals surface area contributed by atoms with Crippen molar-refractivity contribution in [2.24, 2.45) is 0 Å². The van der Waals surface area contributed by atoms with Gasteiger partial charge in [-0.25, -0.2) is 4.39 Å². The van der Waals surface area contributed by atoms with Crippen molar-refractivity contribution in [1.29, 1.82) is 5.26 Å². The number of carbonyl (C=O) groups excluding carboxylic acids is 1. The first-order chi connectivity index (χ1) is 8.65. The first-order valence-electron chi connectivity index (χ1n) is 5.82. The van der Waals surface area contributed by atoms with Gasteiger partial charge in [0.05, 0.1) is 18.2 Å². The van der Waals surface area contributed by atoms with Gasteiger partial charge in [-0.1, -0.05) is 6.92 Å². The number of nitrogens with zero attached hydrogens (tertiary/aromatic N) is 1. The van der Waals surface area contributed by atoms with Crippen LogP contribution in [0.3, 0.4) is 0 Å². The van der Waals surface area contributed by atoms with Crippen molar-refractivity contribution in [1.82, 2.24) is 10.6 Å². The number of hydrogen-bond acceptors (Lipinski definition) is 3. The van der Waals surface area contributed by atoms with Gasteiger partial charge in [0.1, 0.15) is 5.82 Å². The van der Waals surface area contributed by atoms with Crippen molar-refractivity contribution in [3.05, 3.63) is 35.1 Å². The lowest BCUT2D eigenvalue weighted by Gasteiger charge is -2.06. The molecule has 0 spiro atoms.